The van der Waals surface area contributed by atoms with E-state index in [0.717, 1.165) is 19.5 Å². The lowest BCUT2D eigenvalue weighted by Gasteiger charge is -2.24. The molecule has 0 fully saturated rings. The van der Waals surface area contributed by atoms with Crippen molar-refractivity contribution in [3.63, 3.8) is 0 Å². The highest BCUT2D eigenvalue weighted by atomic mass is 16.4. The van der Waals surface area contributed by atoms with Crippen molar-refractivity contribution in [2.24, 2.45) is 5.41 Å². The molecule has 0 aromatic carbocycles. The van der Waals surface area contributed by atoms with Gasteiger partial charge >= 0.3 is 5.97 Å². The molecule has 0 atom stereocenters. The molecule has 0 radical (unpaired) electrons. The van der Waals surface area contributed by atoms with Crippen LogP contribution in [0.4, 0.5) is 0 Å². The van der Waals surface area contributed by atoms with Crippen molar-refractivity contribution in [2.45, 2.75) is 34.1 Å². The third-order valence-electron chi connectivity index (χ3n) is 1.98. The highest BCUT2D eigenvalue weighted by molar-refractivity contribution is 5.69. The zero-order valence-electron chi connectivity index (χ0n) is 9.13. The van der Waals surface area contributed by atoms with Gasteiger partial charge in [0.2, 0.25) is 0 Å². The number of rotatable bonds is 5. The van der Waals surface area contributed by atoms with Gasteiger partial charge in [0, 0.05) is 0 Å². The van der Waals surface area contributed by atoms with Gasteiger partial charge in [-0.1, -0.05) is 27.7 Å². The molecule has 3 nitrogen and oxygen atoms in total. The average molecular weight is 187 g/mol. The number of carboxylic acids is 1. The van der Waals surface area contributed by atoms with Crippen molar-refractivity contribution in [3.8, 4) is 0 Å². The fourth-order valence-corrected chi connectivity index (χ4v) is 1.03. The third kappa shape index (κ3) is 7.78. The van der Waals surface area contributed by atoms with Crippen LogP contribution in [0.1, 0.15) is 34.1 Å². The van der Waals surface area contributed by atoms with E-state index in [1.165, 1.54) is 0 Å². The molecular formula is C10H21NO2. The molecule has 0 unspecified atom stereocenters. The van der Waals surface area contributed by atoms with Gasteiger partial charge in [0.15, 0.2) is 0 Å². The van der Waals surface area contributed by atoms with Crippen molar-refractivity contribution >= 4 is 5.97 Å². The number of hydrogen-bond acceptors (Lipinski definition) is 2. The highest BCUT2D eigenvalue weighted by Gasteiger charge is 2.13. The number of likely N-dealkylation sites (N-methyl/N-ethyl adjacent to an activating group) is 1. The van der Waals surface area contributed by atoms with Crippen molar-refractivity contribution in [3.05, 3.63) is 0 Å². The normalized spacial score (nSPS) is 12.1. The molecule has 78 valence electrons. The van der Waals surface area contributed by atoms with Gasteiger partial charge in [-0.25, -0.2) is 0 Å². The maximum Gasteiger partial charge on any atom is 0.317 e. The van der Waals surface area contributed by atoms with Gasteiger partial charge in [0.05, 0.1) is 6.54 Å². The molecule has 0 saturated heterocycles. The van der Waals surface area contributed by atoms with Crippen molar-refractivity contribution < 1.29 is 9.90 Å². The second kappa shape index (κ2) is 5.22. The molecule has 0 aliphatic rings. The van der Waals surface area contributed by atoms with Crippen LogP contribution in [0.15, 0.2) is 0 Å². The summed E-state index contributed by atoms with van der Waals surface area (Å²) in [4.78, 5) is 12.4. The van der Waals surface area contributed by atoms with Crippen molar-refractivity contribution in [1.29, 1.82) is 0 Å². The van der Waals surface area contributed by atoms with E-state index in [-0.39, 0.29) is 12.0 Å². The lowest BCUT2D eigenvalue weighted by molar-refractivity contribution is -0.138. The van der Waals surface area contributed by atoms with Gasteiger partial charge in [0.25, 0.3) is 0 Å². The average Bonchev–Trinajstić information content (AvgIpc) is 1.95. The van der Waals surface area contributed by atoms with Crippen LogP contribution < -0.4 is 0 Å². The Bertz CT molecular complexity index is 161. The minimum atomic E-state index is -0.740. The molecule has 0 aliphatic carbocycles. The van der Waals surface area contributed by atoms with Crippen LogP contribution in [-0.2, 0) is 4.79 Å². The summed E-state index contributed by atoms with van der Waals surface area (Å²) in [5, 5.41) is 8.60. The number of nitrogens with zero attached hydrogens (tertiary/aromatic N) is 1. The van der Waals surface area contributed by atoms with Crippen LogP contribution in [0.5, 0.6) is 0 Å². The molecule has 0 saturated carbocycles. The third-order valence-corrected chi connectivity index (χ3v) is 1.98. The minimum absolute atomic E-state index is 0.159. The van der Waals surface area contributed by atoms with E-state index in [4.69, 9.17) is 5.11 Å². The summed E-state index contributed by atoms with van der Waals surface area (Å²) >= 11 is 0. The Morgan fingerprint density at radius 1 is 1.38 bits per heavy atom. The minimum Gasteiger partial charge on any atom is -0.480 e. The summed E-state index contributed by atoms with van der Waals surface area (Å²) in [7, 11) is 0. The first kappa shape index (κ1) is 12.4. The first-order valence-electron chi connectivity index (χ1n) is 4.79. The van der Waals surface area contributed by atoms with Gasteiger partial charge < -0.3 is 5.11 Å². The quantitative estimate of drug-likeness (QED) is 0.714. The smallest absolute Gasteiger partial charge is 0.317 e. The standard InChI is InChI=1S/C10H21NO2/c1-5-11(8-9(12)13)7-6-10(2,3)4/h5-8H2,1-4H3,(H,12,13). The topological polar surface area (TPSA) is 40.5 Å². The largest absolute Gasteiger partial charge is 0.480 e. The molecule has 0 heterocycles. The maximum absolute atomic E-state index is 10.5. The van der Waals surface area contributed by atoms with Crippen LogP contribution in [0.3, 0.4) is 0 Å². The fourth-order valence-electron chi connectivity index (χ4n) is 1.03. The van der Waals surface area contributed by atoms with Gasteiger partial charge in [-0.3, -0.25) is 9.69 Å². The number of carboxylic acid groups (broad SMARTS) is 1. The van der Waals surface area contributed by atoms with E-state index in [2.05, 4.69) is 20.8 Å². The molecular weight excluding hydrogens is 166 g/mol. The SMILES string of the molecule is CCN(CCC(C)(C)C)CC(=O)O. The summed E-state index contributed by atoms with van der Waals surface area (Å²) in [6, 6.07) is 0. The molecule has 0 rings (SSSR count). The Kier molecular flexibility index (Phi) is 4.99. The summed E-state index contributed by atoms with van der Waals surface area (Å²) in [6.07, 6.45) is 1.04. The number of aliphatic carboxylic acids is 1. The Balaban J connectivity index is 3.79. The van der Waals surface area contributed by atoms with Gasteiger partial charge in [-0.05, 0) is 24.9 Å². The van der Waals surface area contributed by atoms with Crippen LogP contribution in [0.25, 0.3) is 0 Å². The summed E-state index contributed by atoms with van der Waals surface area (Å²) in [6.45, 7) is 10.3. The van der Waals surface area contributed by atoms with Crippen molar-refractivity contribution in [1.82, 2.24) is 4.90 Å². The lowest BCUT2D eigenvalue weighted by Crippen LogP contribution is -2.32. The molecule has 0 aromatic heterocycles. The van der Waals surface area contributed by atoms with Crippen LogP contribution in [0.2, 0.25) is 0 Å². The van der Waals surface area contributed by atoms with Crippen molar-refractivity contribution in [2.75, 3.05) is 19.6 Å². The Hall–Kier alpha value is -0.570. The Morgan fingerprint density at radius 3 is 2.23 bits per heavy atom. The van der Waals surface area contributed by atoms with Crippen LogP contribution >= 0.6 is 0 Å². The number of hydrogen-bond donors (Lipinski definition) is 1. The zero-order valence-corrected chi connectivity index (χ0v) is 9.13. The molecule has 3 heteroatoms. The van der Waals surface area contributed by atoms with Gasteiger partial charge in [0.1, 0.15) is 0 Å². The lowest BCUT2D eigenvalue weighted by atomic mass is 9.92. The first-order chi connectivity index (χ1) is 5.85. The van der Waals surface area contributed by atoms with Gasteiger partial charge in [-0.15, -0.1) is 0 Å². The first-order valence-corrected chi connectivity index (χ1v) is 4.79. The molecule has 13 heavy (non-hydrogen) atoms. The zero-order chi connectivity index (χ0) is 10.5. The fraction of sp³-hybridized carbons (Fsp3) is 0.900. The van der Waals surface area contributed by atoms with E-state index in [9.17, 15) is 4.79 Å². The van der Waals surface area contributed by atoms with Crippen LogP contribution in [0, 0.1) is 5.41 Å². The van der Waals surface area contributed by atoms with E-state index >= 15 is 0 Å². The highest BCUT2D eigenvalue weighted by Crippen LogP contribution is 2.18. The Labute approximate surface area is 80.7 Å². The maximum atomic E-state index is 10.5. The monoisotopic (exact) mass is 187 g/mol. The van der Waals surface area contributed by atoms with Crippen LogP contribution in [-0.4, -0.2) is 35.6 Å². The Morgan fingerprint density at radius 2 is 1.92 bits per heavy atom. The summed E-state index contributed by atoms with van der Waals surface area (Å²) in [5.41, 5.74) is 0.284. The van der Waals surface area contributed by atoms with Gasteiger partial charge in [-0.2, -0.15) is 0 Å². The molecule has 0 bridgehead atoms. The van der Waals surface area contributed by atoms with E-state index in [1.807, 2.05) is 11.8 Å². The molecule has 0 spiro atoms. The molecule has 0 aromatic rings. The predicted molar refractivity (Wildman–Crippen MR) is 53.8 cm³/mol. The predicted octanol–water partition coefficient (Wildman–Crippen LogP) is 1.83. The van der Waals surface area contributed by atoms with E-state index < -0.39 is 5.97 Å². The second-order valence-corrected chi connectivity index (χ2v) is 4.57. The van der Waals surface area contributed by atoms with E-state index in [0.29, 0.717) is 0 Å². The molecule has 1 N–H and O–H groups in total. The second-order valence-electron chi connectivity index (χ2n) is 4.57. The van der Waals surface area contributed by atoms with E-state index in [1.54, 1.807) is 0 Å². The molecule has 0 aliphatic heterocycles. The summed E-state index contributed by atoms with van der Waals surface area (Å²) in [5.74, 6) is -0.740. The molecule has 0 amide bonds. The number of carbonyl (C=O) groups is 1. The summed E-state index contributed by atoms with van der Waals surface area (Å²) < 4.78 is 0.